The van der Waals surface area contributed by atoms with Gasteiger partial charge in [0, 0.05) is 43.7 Å². The van der Waals surface area contributed by atoms with Crippen molar-refractivity contribution in [3.63, 3.8) is 0 Å². The molecule has 6 heteroatoms. The van der Waals surface area contributed by atoms with Crippen LogP contribution in [0.3, 0.4) is 0 Å². The summed E-state index contributed by atoms with van der Waals surface area (Å²) in [4.78, 5) is 21.7. The number of aryl methyl sites for hydroxylation is 2. The number of carbonyl (C=O) groups is 1. The van der Waals surface area contributed by atoms with Crippen LogP contribution in [0.1, 0.15) is 49.3 Å². The van der Waals surface area contributed by atoms with Crippen molar-refractivity contribution in [1.82, 2.24) is 15.2 Å². The number of hydrogen-bond donors (Lipinski definition) is 1. The summed E-state index contributed by atoms with van der Waals surface area (Å²) in [6.07, 6.45) is 12.7. The number of hydrogen-bond acceptors (Lipinski definition) is 5. The van der Waals surface area contributed by atoms with E-state index in [1.165, 1.54) is 60.6 Å². The van der Waals surface area contributed by atoms with Gasteiger partial charge in [0.25, 0.3) is 0 Å². The second-order valence-corrected chi connectivity index (χ2v) is 11.7. The van der Waals surface area contributed by atoms with Crippen molar-refractivity contribution in [2.75, 3.05) is 44.2 Å². The third kappa shape index (κ3) is 3.71. The highest BCUT2D eigenvalue weighted by atomic mass is 16.6. The monoisotopic (exact) mass is 486 g/mol. The predicted molar refractivity (Wildman–Crippen MR) is 142 cm³/mol. The number of fused-ring (bicyclic) bond motifs is 2. The topological polar surface area (TPSA) is 57.7 Å². The number of piperazine rings is 1. The van der Waals surface area contributed by atoms with Crippen molar-refractivity contribution in [2.45, 2.75) is 52.0 Å². The lowest BCUT2D eigenvalue weighted by Gasteiger charge is -2.35. The number of nitrogens with zero attached hydrogens (tertiary/aromatic N) is 3. The molecule has 1 spiro atoms. The molecule has 1 aromatic heterocycles. The van der Waals surface area contributed by atoms with Crippen molar-refractivity contribution in [1.29, 1.82) is 0 Å². The molecule has 190 valence electrons. The third-order valence-electron chi connectivity index (χ3n) is 9.76. The first kappa shape index (κ1) is 22.6. The molecule has 4 aliphatic carbocycles. The molecule has 3 unspecified atom stereocenters. The summed E-state index contributed by atoms with van der Waals surface area (Å²) in [6.45, 7) is 7.14. The molecule has 2 saturated carbocycles. The van der Waals surface area contributed by atoms with Crippen LogP contribution in [-0.4, -0.2) is 55.3 Å². The fourth-order valence-electron chi connectivity index (χ4n) is 7.75. The Kier molecular flexibility index (Phi) is 5.49. The van der Waals surface area contributed by atoms with Gasteiger partial charge in [-0.3, -0.25) is 0 Å². The van der Waals surface area contributed by atoms with Crippen LogP contribution in [0.5, 0.6) is 0 Å². The van der Waals surface area contributed by atoms with Crippen molar-refractivity contribution in [2.24, 2.45) is 23.2 Å². The summed E-state index contributed by atoms with van der Waals surface area (Å²) in [7, 11) is 0. The van der Waals surface area contributed by atoms with Gasteiger partial charge in [0.15, 0.2) is 0 Å². The van der Waals surface area contributed by atoms with E-state index in [9.17, 15) is 4.79 Å². The van der Waals surface area contributed by atoms with Gasteiger partial charge in [-0.2, -0.15) is 0 Å². The Morgan fingerprint density at radius 2 is 1.92 bits per heavy atom. The number of amides is 1. The molecule has 7 rings (SSSR count). The largest absolute Gasteiger partial charge is 0.450 e. The Hall–Kier alpha value is -2.60. The number of ether oxygens (including phenoxy) is 1. The van der Waals surface area contributed by atoms with Crippen LogP contribution < -0.4 is 10.2 Å². The highest BCUT2D eigenvalue weighted by Gasteiger charge is 2.62. The summed E-state index contributed by atoms with van der Waals surface area (Å²) >= 11 is 0. The molecule has 1 N–H and O–H groups in total. The minimum absolute atomic E-state index is 0.200. The Balaban J connectivity index is 1.11. The Labute approximate surface area is 214 Å². The second-order valence-electron chi connectivity index (χ2n) is 11.7. The first-order chi connectivity index (χ1) is 17.6. The molecule has 36 heavy (non-hydrogen) atoms. The Morgan fingerprint density at radius 1 is 1.11 bits per heavy atom. The van der Waals surface area contributed by atoms with E-state index in [1.54, 1.807) is 0 Å². The molecule has 1 aromatic carbocycles. The fourth-order valence-corrected chi connectivity index (χ4v) is 7.75. The Bertz CT molecular complexity index is 1210. The predicted octanol–water partition coefficient (Wildman–Crippen LogP) is 4.69. The van der Waals surface area contributed by atoms with Crippen LogP contribution in [0.4, 0.5) is 10.6 Å². The van der Waals surface area contributed by atoms with Crippen LogP contribution in [0, 0.1) is 23.2 Å². The van der Waals surface area contributed by atoms with Crippen molar-refractivity contribution in [3.8, 4) is 0 Å². The van der Waals surface area contributed by atoms with Gasteiger partial charge < -0.3 is 19.9 Å². The summed E-state index contributed by atoms with van der Waals surface area (Å²) in [5.41, 5.74) is 6.02. The molecule has 2 aromatic rings. The maximum Gasteiger partial charge on any atom is 0.409 e. The first-order valence-corrected chi connectivity index (χ1v) is 14.2. The molecular formula is C30H38N4O2. The van der Waals surface area contributed by atoms with Gasteiger partial charge in [-0.25, -0.2) is 9.78 Å². The molecule has 3 atom stereocenters. The maximum atomic E-state index is 12.2. The smallest absolute Gasteiger partial charge is 0.409 e. The van der Waals surface area contributed by atoms with Crippen LogP contribution in [0.15, 0.2) is 30.4 Å². The lowest BCUT2D eigenvalue weighted by molar-refractivity contribution is 0.105. The molecule has 2 heterocycles. The average molecular weight is 487 g/mol. The number of carbonyl (C=O) groups excluding carboxylic acids is 1. The first-order valence-electron chi connectivity index (χ1n) is 14.2. The zero-order valence-corrected chi connectivity index (χ0v) is 21.5. The van der Waals surface area contributed by atoms with E-state index >= 15 is 0 Å². The number of allylic oxidation sites excluding steroid dienone is 2. The van der Waals surface area contributed by atoms with E-state index in [1.807, 2.05) is 11.8 Å². The summed E-state index contributed by atoms with van der Waals surface area (Å²) < 4.78 is 5.23. The SMILES string of the molecule is CCOC(=O)N1CCN(c2nc3cc4c(cc3cc2CNCC2CC3C=CC2C32CC2)CCC4)CC1. The summed E-state index contributed by atoms with van der Waals surface area (Å²) in [5.74, 6) is 3.49. The second kappa shape index (κ2) is 8.76. The number of pyridine rings is 1. The van der Waals surface area contributed by atoms with E-state index in [4.69, 9.17) is 9.72 Å². The van der Waals surface area contributed by atoms with Gasteiger partial charge in [-0.15, -0.1) is 0 Å². The summed E-state index contributed by atoms with van der Waals surface area (Å²) in [6, 6.07) is 7.09. The van der Waals surface area contributed by atoms with Crippen LogP contribution in [0.2, 0.25) is 0 Å². The van der Waals surface area contributed by atoms with Crippen molar-refractivity contribution in [3.05, 3.63) is 47.0 Å². The third-order valence-corrected chi connectivity index (χ3v) is 9.76. The standard InChI is InChI=1S/C30H38N4O2/c1-2-36-29(35)34-12-10-33(11-13-34)28-24(15-22-14-20-4-3-5-21(20)17-27(22)32-28)19-31-18-23-16-25-6-7-26(23)30(25)8-9-30/h6-7,14-15,17,23,25-26,31H,2-5,8-13,16,18-19H2,1H3. The molecule has 6 nitrogen and oxygen atoms in total. The van der Waals surface area contributed by atoms with Crippen molar-refractivity contribution >= 4 is 22.8 Å². The molecule has 0 radical (unpaired) electrons. The quantitative estimate of drug-likeness (QED) is 0.600. The highest BCUT2D eigenvalue weighted by Crippen LogP contribution is 2.69. The summed E-state index contributed by atoms with van der Waals surface area (Å²) in [5, 5.41) is 5.11. The van der Waals surface area contributed by atoms with Gasteiger partial charge in [-0.1, -0.05) is 12.2 Å². The molecule has 2 bridgehead atoms. The zero-order chi connectivity index (χ0) is 24.3. The number of benzene rings is 1. The van der Waals surface area contributed by atoms with Crippen LogP contribution in [0.25, 0.3) is 10.9 Å². The lowest BCUT2D eigenvalue weighted by Crippen LogP contribution is -2.49. The maximum absolute atomic E-state index is 12.2. The fraction of sp³-hybridized carbons (Fsp3) is 0.600. The number of aromatic nitrogens is 1. The van der Waals surface area contributed by atoms with E-state index < -0.39 is 0 Å². The van der Waals surface area contributed by atoms with Gasteiger partial charge in [0.05, 0.1) is 12.1 Å². The highest BCUT2D eigenvalue weighted by molar-refractivity contribution is 5.84. The minimum Gasteiger partial charge on any atom is -0.450 e. The zero-order valence-electron chi connectivity index (χ0n) is 21.5. The van der Waals surface area contributed by atoms with E-state index in [0.717, 1.165) is 55.3 Å². The minimum atomic E-state index is -0.200. The van der Waals surface area contributed by atoms with Gasteiger partial charge >= 0.3 is 6.09 Å². The molecule has 3 fully saturated rings. The van der Waals surface area contributed by atoms with E-state index in [2.05, 4.69) is 40.6 Å². The number of anilines is 1. The van der Waals surface area contributed by atoms with Crippen LogP contribution >= 0.6 is 0 Å². The van der Waals surface area contributed by atoms with E-state index in [-0.39, 0.29) is 6.09 Å². The number of rotatable bonds is 6. The van der Waals surface area contributed by atoms with Crippen molar-refractivity contribution < 1.29 is 9.53 Å². The average Bonchev–Trinajstić information content (AvgIpc) is 3.34. The van der Waals surface area contributed by atoms with Crippen LogP contribution in [-0.2, 0) is 24.1 Å². The Morgan fingerprint density at radius 3 is 2.67 bits per heavy atom. The van der Waals surface area contributed by atoms with E-state index in [0.29, 0.717) is 25.1 Å². The van der Waals surface area contributed by atoms with Gasteiger partial charge in [-0.05, 0) is 104 Å². The molecule has 5 aliphatic rings. The molecule has 1 aliphatic heterocycles. The molecular weight excluding hydrogens is 448 g/mol. The molecule has 1 saturated heterocycles. The normalized spacial score (nSPS) is 27.3. The number of nitrogens with one attached hydrogen (secondary N) is 1. The van der Waals surface area contributed by atoms with Gasteiger partial charge in [0.1, 0.15) is 5.82 Å². The lowest BCUT2D eigenvalue weighted by atomic mass is 9.89. The van der Waals surface area contributed by atoms with Gasteiger partial charge in [0.2, 0.25) is 0 Å². The molecule has 1 amide bonds.